The molecule has 0 saturated heterocycles. The third kappa shape index (κ3) is 3.04. The Morgan fingerprint density at radius 2 is 2.06 bits per heavy atom. The highest BCUT2D eigenvalue weighted by molar-refractivity contribution is 7.86. The maximum absolute atomic E-state index is 11.5. The van der Waals surface area contributed by atoms with Crippen LogP contribution in [0.5, 0.6) is 0 Å². The zero-order valence-electron chi connectivity index (χ0n) is 9.89. The fourth-order valence-electron chi connectivity index (χ4n) is 1.62. The summed E-state index contributed by atoms with van der Waals surface area (Å²) in [7, 11) is -2.79. The van der Waals surface area contributed by atoms with Gasteiger partial charge in [0, 0.05) is 12.6 Å². The van der Waals surface area contributed by atoms with Crippen LogP contribution >= 0.6 is 0 Å². The highest BCUT2D eigenvalue weighted by atomic mass is 32.2. The van der Waals surface area contributed by atoms with Gasteiger partial charge in [-0.15, -0.1) is 0 Å². The number of carbonyl (C=O) groups is 1. The van der Waals surface area contributed by atoms with Gasteiger partial charge in [-0.2, -0.15) is 8.42 Å². The zero-order valence-corrected chi connectivity index (χ0v) is 10.7. The molecule has 0 aromatic carbocycles. The second kappa shape index (κ2) is 4.85. The standard InChI is InChI=1S/C11H15NO4S/c1-7-4-5-10(17(14,15)16)9(6-7)8(2)11(13)12-3/h4-6,10H,1-3H3,(H,12,13)(H,14,15,16)/t10-/m1/s1. The quantitative estimate of drug-likeness (QED) is 0.566. The van der Waals surface area contributed by atoms with Crippen molar-refractivity contribution in [3.8, 4) is 0 Å². The van der Waals surface area contributed by atoms with Crippen LogP contribution in [0.4, 0.5) is 0 Å². The number of likely N-dealkylation sites (N-methyl/N-ethyl adjacent to an activating group) is 1. The van der Waals surface area contributed by atoms with E-state index in [-0.39, 0.29) is 11.5 Å². The molecule has 0 heterocycles. The molecule has 94 valence electrons. The molecule has 0 aromatic heterocycles. The van der Waals surface area contributed by atoms with Crippen LogP contribution in [0.2, 0.25) is 0 Å². The summed E-state index contributed by atoms with van der Waals surface area (Å²) >= 11 is 0. The minimum absolute atomic E-state index is 0.277. The van der Waals surface area contributed by atoms with Gasteiger partial charge in [-0.3, -0.25) is 9.35 Å². The first-order chi connectivity index (χ1) is 7.77. The average molecular weight is 257 g/mol. The molecule has 5 nitrogen and oxygen atoms in total. The van der Waals surface area contributed by atoms with E-state index < -0.39 is 15.4 Å². The smallest absolute Gasteiger partial charge is 0.275 e. The summed E-state index contributed by atoms with van der Waals surface area (Å²) in [6, 6.07) is 0. The van der Waals surface area contributed by atoms with Crippen LogP contribution in [0.15, 0.2) is 34.9 Å². The fourth-order valence-corrected chi connectivity index (χ4v) is 2.46. The van der Waals surface area contributed by atoms with E-state index >= 15 is 0 Å². The number of nitrogens with one attached hydrogen (secondary N) is 1. The van der Waals surface area contributed by atoms with Crippen LogP contribution in [-0.4, -0.2) is 31.2 Å². The minimum atomic E-state index is -4.25. The lowest BCUT2D eigenvalue weighted by Crippen LogP contribution is -2.27. The van der Waals surface area contributed by atoms with Gasteiger partial charge < -0.3 is 5.32 Å². The maximum atomic E-state index is 11.5. The van der Waals surface area contributed by atoms with Crippen LogP contribution in [0.25, 0.3) is 0 Å². The molecule has 17 heavy (non-hydrogen) atoms. The van der Waals surface area contributed by atoms with E-state index in [2.05, 4.69) is 5.32 Å². The van der Waals surface area contributed by atoms with Crippen LogP contribution in [0, 0.1) is 0 Å². The van der Waals surface area contributed by atoms with Crippen LogP contribution in [0.3, 0.4) is 0 Å². The second-order valence-corrected chi connectivity index (χ2v) is 5.38. The van der Waals surface area contributed by atoms with Crippen molar-refractivity contribution in [1.29, 1.82) is 0 Å². The van der Waals surface area contributed by atoms with E-state index in [1.54, 1.807) is 19.1 Å². The van der Waals surface area contributed by atoms with E-state index in [0.29, 0.717) is 5.57 Å². The van der Waals surface area contributed by atoms with Gasteiger partial charge in [0.2, 0.25) is 5.91 Å². The predicted molar refractivity (Wildman–Crippen MR) is 65.0 cm³/mol. The third-order valence-corrected chi connectivity index (χ3v) is 3.60. The summed E-state index contributed by atoms with van der Waals surface area (Å²) in [5, 5.41) is 1.24. The number of amides is 1. The van der Waals surface area contributed by atoms with E-state index in [0.717, 1.165) is 5.57 Å². The predicted octanol–water partition coefficient (Wildman–Crippen LogP) is 0.821. The molecule has 0 bridgehead atoms. The van der Waals surface area contributed by atoms with Crippen LogP contribution in [-0.2, 0) is 14.9 Å². The SMILES string of the molecule is CNC(=O)C(C)=C1C=C(C)C=C[C@H]1S(=O)(=O)O. The Labute approximate surface area is 101 Å². The van der Waals surface area contributed by atoms with Gasteiger partial charge >= 0.3 is 0 Å². The molecular weight excluding hydrogens is 242 g/mol. The molecule has 1 amide bonds. The zero-order chi connectivity index (χ0) is 13.2. The molecule has 0 spiro atoms. The van der Waals surface area contributed by atoms with Gasteiger partial charge in [0.25, 0.3) is 10.1 Å². The lowest BCUT2D eigenvalue weighted by Gasteiger charge is -2.18. The van der Waals surface area contributed by atoms with Gasteiger partial charge in [-0.1, -0.05) is 23.8 Å². The molecule has 0 radical (unpaired) electrons. The van der Waals surface area contributed by atoms with E-state index in [4.69, 9.17) is 4.55 Å². The summed E-state index contributed by atoms with van der Waals surface area (Å²) in [6.07, 6.45) is 4.55. The van der Waals surface area contributed by atoms with Crippen molar-refractivity contribution >= 4 is 16.0 Å². The Hall–Kier alpha value is -1.40. The number of allylic oxidation sites excluding steroid dienone is 3. The molecule has 0 unspecified atom stereocenters. The Balaban J connectivity index is 3.36. The first-order valence-corrected chi connectivity index (χ1v) is 6.53. The average Bonchev–Trinajstić information content (AvgIpc) is 2.25. The molecule has 0 fully saturated rings. The van der Waals surface area contributed by atoms with Crippen molar-refractivity contribution in [3.63, 3.8) is 0 Å². The van der Waals surface area contributed by atoms with Crippen molar-refractivity contribution in [3.05, 3.63) is 34.9 Å². The highest BCUT2D eigenvalue weighted by Gasteiger charge is 2.28. The molecule has 0 saturated carbocycles. The molecule has 0 aliphatic heterocycles. The van der Waals surface area contributed by atoms with Gasteiger partial charge in [-0.25, -0.2) is 0 Å². The number of rotatable bonds is 2. The second-order valence-electron chi connectivity index (χ2n) is 3.84. The Bertz CT molecular complexity index is 526. The Kier molecular flexibility index (Phi) is 3.90. The van der Waals surface area contributed by atoms with Crippen molar-refractivity contribution in [1.82, 2.24) is 5.32 Å². The lowest BCUT2D eigenvalue weighted by molar-refractivity contribution is -0.117. The topological polar surface area (TPSA) is 83.5 Å². The van der Waals surface area contributed by atoms with E-state index in [9.17, 15) is 13.2 Å². The Morgan fingerprint density at radius 3 is 2.53 bits per heavy atom. The minimum Gasteiger partial charge on any atom is -0.355 e. The first kappa shape index (κ1) is 13.7. The lowest BCUT2D eigenvalue weighted by atomic mass is 9.97. The number of carbonyl (C=O) groups excluding carboxylic acids is 1. The summed E-state index contributed by atoms with van der Waals surface area (Å²) < 4.78 is 31.6. The molecule has 1 aliphatic carbocycles. The number of hydrogen-bond acceptors (Lipinski definition) is 3. The third-order valence-electron chi connectivity index (χ3n) is 2.55. The summed E-state index contributed by atoms with van der Waals surface area (Å²) in [6.45, 7) is 3.31. The van der Waals surface area contributed by atoms with Crippen molar-refractivity contribution in [2.75, 3.05) is 7.05 Å². The largest absolute Gasteiger partial charge is 0.355 e. The van der Waals surface area contributed by atoms with Crippen molar-refractivity contribution in [2.24, 2.45) is 0 Å². The van der Waals surface area contributed by atoms with Crippen molar-refractivity contribution in [2.45, 2.75) is 19.1 Å². The Morgan fingerprint density at radius 1 is 1.47 bits per heavy atom. The summed E-state index contributed by atoms with van der Waals surface area (Å²) in [4.78, 5) is 11.5. The normalized spacial score (nSPS) is 23.1. The van der Waals surface area contributed by atoms with Crippen LogP contribution in [0.1, 0.15) is 13.8 Å². The van der Waals surface area contributed by atoms with Gasteiger partial charge in [-0.05, 0) is 19.4 Å². The molecule has 6 heteroatoms. The van der Waals surface area contributed by atoms with Crippen LogP contribution < -0.4 is 5.32 Å². The fraction of sp³-hybridized carbons (Fsp3) is 0.364. The van der Waals surface area contributed by atoms with Gasteiger partial charge in [0.05, 0.1) is 0 Å². The maximum Gasteiger partial charge on any atom is 0.275 e. The number of hydrogen-bond donors (Lipinski definition) is 2. The van der Waals surface area contributed by atoms with Crippen molar-refractivity contribution < 1.29 is 17.8 Å². The molecule has 1 atom stereocenters. The first-order valence-electron chi connectivity index (χ1n) is 5.03. The molecule has 1 aliphatic rings. The summed E-state index contributed by atoms with van der Waals surface area (Å²) in [5.41, 5.74) is 1.40. The summed E-state index contributed by atoms with van der Waals surface area (Å²) in [5.74, 6) is -0.368. The monoisotopic (exact) mass is 257 g/mol. The van der Waals surface area contributed by atoms with E-state index in [1.165, 1.54) is 20.0 Å². The molecule has 0 aromatic rings. The van der Waals surface area contributed by atoms with Gasteiger partial charge in [0.15, 0.2) is 0 Å². The molecule has 1 rings (SSSR count). The van der Waals surface area contributed by atoms with E-state index in [1.807, 2.05) is 0 Å². The van der Waals surface area contributed by atoms with Gasteiger partial charge in [0.1, 0.15) is 5.25 Å². The molecule has 2 N–H and O–H groups in total. The highest BCUT2D eigenvalue weighted by Crippen LogP contribution is 2.24. The molecular formula is C11H15NO4S.